The molecule has 1 aliphatic carbocycles. The molecule has 8 heteroatoms. The zero-order chi connectivity index (χ0) is 16.4. The van der Waals surface area contributed by atoms with Crippen LogP contribution in [0, 0.1) is 5.92 Å². The molecule has 0 spiro atoms. The van der Waals surface area contributed by atoms with Crippen molar-refractivity contribution < 1.29 is 14.7 Å². The number of nitrogens with one attached hydrogen (secondary N) is 1. The van der Waals surface area contributed by atoms with Crippen molar-refractivity contribution in [1.82, 2.24) is 10.3 Å². The molecule has 2 atom stereocenters. The number of aromatic nitrogens is 1. The lowest BCUT2D eigenvalue weighted by Crippen LogP contribution is -2.40. The fourth-order valence-corrected chi connectivity index (χ4v) is 4.72. The Labute approximate surface area is 146 Å². The summed E-state index contributed by atoms with van der Waals surface area (Å²) >= 11 is 8.84. The molecule has 0 aliphatic heterocycles. The van der Waals surface area contributed by atoms with Gasteiger partial charge in [-0.25, -0.2) is 4.98 Å². The largest absolute Gasteiger partial charge is 0.481 e. The number of rotatable bonds is 5. The molecule has 1 amide bonds. The molecule has 0 radical (unpaired) electrons. The highest BCUT2D eigenvalue weighted by atomic mass is 35.5. The molecule has 0 saturated heterocycles. The zero-order valence-corrected chi connectivity index (χ0v) is 14.5. The number of carbonyl (C=O) groups is 2. The van der Waals surface area contributed by atoms with Crippen LogP contribution in [0.4, 0.5) is 0 Å². The van der Waals surface area contributed by atoms with E-state index in [-0.39, 0.29) is 18.4 Å². The minimum Gasteiger partial charge on any atom is -0.481 e. The molecule has 122 valence electrons. The highest BCUT2D eigenvalue weighted by Crippen LogP contribution is 2.33. The Morgan fingerprint density at radius 2 is 2.22 bits per heavy atom. The number of halogens is 1. The summed E-state index contributed by atoms with van der Waals surface area (Å²) in [7, 11) is 0. The van der Waals surface area contributed by atoms with Crippen LogP contribution in [0.25, 0.3) is 9.88 Å². The van der Waals surface area contributed by atoms with Crippen molar-refractivity contribution in [1.29, 1.82) is 0 Å². The molecule has 2 aromatic rings. The monoisotopic (exact) mass is 370 g/mol. The highest BCUT2D eigenvalue weighted by molar-refractivity contribution is 7.23. The summed E-state index contributed by atoms with van der Waals surface area (Å²) in [6.45, 7) is 0. The summed E-state index contributed by atoms with van der Waals surface area (Å²) in [4.78, 5) is 28.7. The molecule has 2 aromatic heterocycles. The van der Waals surface area contributed by atoms with Gasteiger partial charge in [0, 0.05) is 11.4 Å². The minimum absolute atomic E-state index is 0.165. The van der Waals surface area contributed by atoms with Crippen molar-refractivity contribution in [3.05, 3.63) is 27.5 Å². The van der Waals surface area contributed by atoms with Crippen molar-refractivity contribution in [2.24, 2.45) is 5.92 Å². The van der Waals surface area contributed by atoms with E-state index < -0.39 is 11.9 Å². The molecular weight excluding hydrogens is 356 g/mol. The molecule has 0 bridgehead atoms. The van der Waals surface area contributed by atoms with Crippen LogP contribution in [-0.4, -0.2) is 28.0 Å². The van der Waals surface area contributed by atoms with Gasteiger partial charge < -0.3 is 10.4 Å². The Bertz CT molecular complexity index is 728. The van der Waals surface area contributed by atoms with E-state index in [2.05, 4.69) is 10.3 Å². The first-order valence-electron chi connectivity index (χ1n) is 7.25. The van der Waals surface area contributed by atoms with E-state index in [0.29, 0.717) is 16.5 Å². The topological polar surface area (TPSA) is 79.3 Å². The summed E-state index contributed by atoms with van der Waals surface area (Å²) in [6, 6.07) is 3.46. The number of carboxylic acids is 1. The van der Waals surface area contributed by atoms with Gasteiger partial charge in [-0.2, -0.15) is 0 Å². The summed E-state index contributed by atoms with van der Waals surface area (Å²) in [6.07, 6.45) is 2.35. The van der Waals surface area contributed by atoms with Gasteiger partial charge in [0.1, 0.15) is 5.01 Å². The van der Waals surface area contributed by atoms with Crippen molar-refractivity contribution >= 4 is 46.2 Å². The highest BCUT2D eigenvalue weighted by Gasteiger charge is 2.33. The number of carboxylic acid groups (broad SMARTS) is 1. The maximum atomic E-state index is 12.1. The second-order valence-electron chi connectivity index (χ2n) is 5.47. The molecule has 2 N–H and O–H groups in total. The van der Waals surface area contributed by atoms with Gasteiger partial charge in [-0.3, -0.25) is 9.59 Å². The number of nitrogens with zero attached hydrogens (tertiary/aromatic N) is 1. The number of carbonyl (C=O) groups excluding carboxylic acids is 1. The molecule has 2 heterocycles. The average molecular weight is 371 g/mol. The fourth-order valence-electron chi connectivity index (χ4n) is 2.78. The van der Waals surface area contributed by atoms with Crippen molar-refractivity contribution in [3.63, 3.8) is 0 Å². The van der Waals surface area contributed by atoms with Crippen LogP contribution in [0.3, 0.4) is 0 Å². The maximum Gasteiger partial charge on any atom is 0.308 e. The molecule has 1 aliphatic rings. The second kappa shape index (κ2) is 6.98. The van der Waals surface area contributed by atoms with E-state index in [1.807, 2.05) is 17.5 Å². The van der Waals surface area contributed by atoms with E-state index in [9.17, 15) is 9.59 Å². The Morgan fingerprint density at radius 3 is 2.91 bits per heavy atom. The third-order valence-corrected chi connectivity index (χ3v) is 6.15. The molecule has 1 fully saturated rings. The number of hydrogen-bond donors (Lipinski definition) is 2. The zero-order valence-electron chi connectivity index (χ0n) is 12.1. The van der Waals surface area contributed by atoms with Gasteiger partial charge in [0.05, 0.1) is 27.2 Å². The predicted molar refractivity (Wildman–Crippen MR) is 91.0 cm³/mol. The summed E-state index contributed by atoms with van der Waals surface area (Å²) in [5.41, 5.74) is 0.692. The van der Waals surface area contributed by atoms with Crippen molar-refractivity contribution in [3.8, 4) is 9.88 Å². The Morgan fingerprint density at radius 1 is 1.39 bits per heavy atom. The standard InChI is InChI=1S/C15H15ClN2O3S2/c16-12-5-4-11(23-12)14-17-8(7-22-14)6-13(19)18-10-3-1-2-9(10)15(20)21/h4-5,7,9-10H,1-3,6H2,(H,18,19)(H,20,21)/t9-,10+/m1/s1. The first-order chi connectivity index (χ1) is 11.0. The van der Waals surface area contributed by atoms with E-state index in [4.69, 9.17) is 16.7 Å². The number of aliphatic carboxylic acids is 1. The lowest BCUT2D eigenvalue weighted by molar-refractivity contribution is -0.142. The number of hydrogen-bond acceptors (Lipinski definition) is 5. The second-order valence-corrected chi connectivity index (χ2v) is 8.05. The SMILES string of the molecule is O=C(Cc1csc(-c2ccc(Cl)s2)n1)N[C@H]1CCC[C@H]1C(=O)O. The fraction of sp³-hybridized carbons (Fsp3) is 0.400. The summed E-state index contributed by atoms with van der Waals surface area (Å²) in [5, 5.41) is 14.7. The van der Waals surface area contributed by atoms with Crippen LogP contribution in [-0.2, 0) is 16.0 Å². The summed E-state index contributed by atoms with van der Waals surface area (Å²) in [5.74, 6) is -1.49. The third kappa shape index (κ3) is 3.91. The molecule has 5 nitrogen and oxygen atoms in total. The van der Waals surface area contributed by atoms with Crippen LogP contribution >= 0.6 is 34.3 Å². The Balaban J connectivity index is 1.60. The van der Waals surface area contributed by atoms with Crippen LogP contribution in [0.5, 0.6) is 0 Å². The quantitative estimate of drug-likeness (QED) is 0.844. The Hall–Kier alpha value is -1.44. The molecule has 0 aromatic carbocycles. The van der Waals surface area contributed by atoms with E-state index in [1.165, 1.54) is 22.7 Å². The average Bonchev–Trinajstić information content (AvgIpc) is 3.19. The van der Waals surface area contributed by atoms with Crippen LogP contribution in [0.1, 0.15) is 25.0 Å². The molecule has 3 rings (SSSR count). The first kappa shape index (κ1) is 16.4. The van der Waals surface area contributed by atoms with E-state index in [0.717, 1.165) is 22.7 Å². The molecule has 23 heavy (non-hydrogen) atoms. The molecule has 1 saturated carbocycles. The van der Waals surface area contributed by atoms with Gasteiger partial charge in [0.2, 0.25) is 5.91 Å². The Kier molecular flexibility index (Phi) is 4.99. The van der Waals surface area contributed by atoms with Gasteiger partial charge in [-0.15, -0.1) is 22.7 Å². The van der Waals surface area contributed by atoms with Gasteiger partial charge in [-0.1, -0.05) is 18.0 Å². The summed E-state index contributed by atoms with van der Waals surface area (Å²) < 4.78 is 0.704. The van der Waals surface area contributed by atoms with Gasteiger partial charge in [0.25, 0.3) is 0 Å². The lowest BCUT2D eigenvalue weighted by Gasteiger charge is -2.17. The van der Waals surface area contributed by atoms with Gasteiger partial charge >= 0.3 is 5.97 Å². The lowest BCUT2D eigenvalue weighted by atomic mass is 10.0. The van der Waals surface area contributed by atoms with Crippen LogP contribution in [0.2, 0.25) is 4.34 Å². The van der Waals surface area contributed by atoms with E-state index in [1.54, 1.807) is 0 Å². The van der Waals surface area contributed by atoms with Crippen molar-refractivity contribution in [2.45, 2.75) is 31.7 Å². The van der Waals surface area contributed by atoms with Crippen molar-refractivity contribution in [2.75, 3.05) is 0 Å². The van der Waals surface area contributed by atoms with Gasteiger partial charge in [0.15, 0.2) is 0 Å². The van der Waals surface area contributed by atoms with Gasteiger partial charge in [-0.05, 0) is 25.0 Å². The normalized spacial score (nSPS) is 20.6. The number of thiazole rings is 1. The van der Waals surface area contributed by atoms with E-state index >= 15 is 0 Å². The molecular formula is C15H15ClN2O3S2. The van der Waals surface area contributed by atoms with Crippen LogP contribution in [0.15, 0.2) is 17.5 Å². The first-order valence-corrected chi connectivity index (χ1v) is 9.32. The van der Waals surface area contributed by atoms with Crippen LogP contribution < -0.4 is 5.32 Å². The maximum absolute atomic E-state index is 12.1. The minimum atomic E-state index is -0.835. The third-order valence-electron chi connectivity index (χ3n) is 3.86. The predicted octanol–water partition coefficient (Wildman–Crippen LogP) is 3.44. The molecule has 0 unspecified atom stereocenters. The number of amides is 1. The smallest absolute Gasteiger partial charge is 0.308 e. The number of thiophene rings is 1.